The first-order chi connectivity index (χ1) is 54.1. The largest absolute Gasteiger partial charge is 0.508 e. The van der Waals surface area contributed by atoms with Gasteiger partial charge in [-0.25, -0.2) is 59.9 Å². The number of aliphatic carboxylic acids is 1. The Kier molecular flexibility index (Phi) is 60.3. The molecule has 46 heteroatoms. The molecule has 11 N–H and O–H groups in total. The van der Waals surface area contributed by atoms with Crippen LogP contribution in [0.25, 0.3) is 0 Å². The molecule has 1 aliphatic heterocycles. The normalized spacial score (nSPS) is 11.6. The van der Waals surface area contributed by atoms with Crippen molar-refractivity contribution in [2.75, 3.05) is 25.2 Å². The molecule has 2 amide bonds. The number of carbonyl (C=O) groups is 7. The summed E-state index contributed by atoms with van der Waals surface area (Å²) in [5.74, 6) is -3.94. The second-order valence-corrected chi connectivity index (χ2v) is 37.9. The lowest BCUT2D eigenvalue weighted by atomic mass is 10.0. The number of carboxylic acid groups (broad SMARTS) is 3. The minimum Gasteiger partial charge on any atom is -0.508 e. The van der Waals surface area contributed by atoms with E-state index >= 15 is 0 Å². The number of nitrogens with one attached hydrogen (secondary N) is 4. The number of sulfonamides is 1. The Bertz CT molecular complexity index is 4570. The van der Waals surface area contributed by atoms with Crippen molar-refractivity contribution in [2.45, 2.75) is 232 Å². The number of oxazole rings is 1. The maximum absolute atomic E-state index is 12.7. The van der Waals surface area contributed by atoms with Crippen LogP contribution < -0.4 is 21.4 Å². The van der Waals surface area contributed by atoms with Gasteiger partial charge in [0.05, 0.1) is 41.5 Å². The summed E-state index contributed by atoms with van der Waals surface area (Å²) in [6, 6.07) is 6.22. The molecule has 0 radical (unpaired) electrons. The number of hydrogen-bond acceptors (Lipinski definition) is 31. The number of rotatable bonds is 19. The lowest BCUT2D eigenvalue weighted by Gasteiger charge is -2.06. The Morgan fingerprint density at radius 1 is 0.647 bits per heavy atom. The predicted octanol–water partition coefficient (Wildman–Crippen LogP) is 11.0. The van der Waals surface area contributed by atoms with Gasteiger partial charge in [-0.3, -0.25) is 43.3 Å². The zero-order chi connectivity index (χ0) is 94.7. The number of nitrogens with zero attached hydrogens (tertiary/aromatic N) is 9. The van der Waals surface area contributed by atoms with Crippen molar-refractivity contribution in [1.82, 2.24) is 51.0 Å². The number of aldehydes is 1. The number of aromatic carboxylic acids is 2. The molecule has 676 valence electrons. The highest BCUT2D eigenvalue weighted by atomic mass is 32.2. The van der Waals surface area contributed by atoms with E-state index in [0.717, 1.165) is 30.3 Å². The van der Waals surface area contributed by atoms with Gasteiger partial charge < -0.3 is 53.0 Å². The molecule has 0 aliphatic carbocycles. The van der Waals surface area contributed by atoms with E-state index < -0.39 is 100 Å². The van der Waals surface area contributed by atoms with Crippen LogP contribution in [0, 0.1) is 46.8 Å². The van der Waals surface area contributed by atoms with E-state index in [9.17, 15) is 81.8 Å². The van der Waals surface area contributed by atoms with Gasteiger partial charge >= 0.3 is 35.2 Å². The van der Waals surface area contributed by atoms with Crippen LogP contribution in [0.4, 0.5) is 8.78 Å². The van der Waals surface area contributed by atoms with Gasteiger partial charge in [0.2, 0.25) is 27.7 Å². The van der Waals surface area contributed by atoms with E-state index in [1.807, 2.05) is 107 Å². The Labute approximate surface area is 692 Å². The molecule has 0 fully saturated rings. The summed E-state index contributed by atoms with van der Waals surface area (Å²) >= 11 is 0. The molecule has 0 saturated heterocycles. The molecule has 7 rings (SSSR count). The number of amides is 2. The summed E-state index contributed by atoms with van der Waals surface area (Å²) < 4.78 is 127. The SMILES string of the molecule is CC(C)C(=O)C1=NC=NC1.CC(C)C(=O)NC#N.CC(C)C(=O)NS(C)(=O)=O.CC(C)C(=O)O.CC(C)P(C)(=O)O.CC(C)S(=O)(=O)CC=O.CC(C)S(=O)(=O)O.CC(C)c1cc(C(=O)O)no1.CC(C)c1cc(F)c(O)c(F)c1.CC(C)c1cc(O)cc(=O)o1.CC(C)c1cnc(C(=O)O)o1.CC(C)c1n[nH]c(=O)o1.CC(C)c1nn[nH]n1. The highest BCUT2D eigenvalue weighted by molar-refractivity contribution is 7.92. The predicted molar refractivity (Wildman–Crippen MR) is 440 cm³/mol. The molecule has 1 unspecified atom stereocenters. The van der Waals surface area contributed by atoms with Gasteiger partial charge in [-0.1, -0.05) is 163 Å². The number of carbonyl (C=O) groups excluding carboxylic acids is 4. The number of aliphatic imine (C=N–C) groups is 2. The highest BCUT2D eigenvalue weighted by Gasteiger charge is 2.19. The summed E-state index contributed by atoms with van der Waals surface area (Å²) in [5.41, 5.74) is 0.507. The molecule has 40 nitrogen and oxygen atoms in total. The van der Waals surface area contributed by atoms with E-state index in [1.165, 1.54) is 45.2 Å². The number of phenolic OH excluding ortho intramolecular Hbond substituents is 1. The minimum absolute atomic E-state index is 0.0336. The molecular weight excluding hydrogens is 1660 g/mol. The number of hydrogen-bond donors (Lipinski definition) is 11. The molecule has 0 saturated carbocycles. The van der Waals surface area contributed by atoms with Gasteiger partial charge in [0.25, 0.3) is 10.1 Å². The van der Waals surface area contributed by atoms with E-state index in [4.69, 9.17) is 53.6 Å². The zero-order valence-corrected chi connectivity index (χ0v) is 75.6. The first-order valence-electron chi connectivity index (χ1n) is 36.2. The van der Waals surface area contributed by atoms with Gasteiger partial charge in [0.1, 0.15) is 47.1 Å². The van der Waals surface area contributed by atoms with Crippen LogP contribution >= 0.6 is 7.37 Å². The number of aromatic nitrogens is 8. The first-order valence-corrected chi connectivity index (χ1v) is 43.5. The van der Waals surface area contributed by atoms with E-state index in [2.05, 4.69) is 55.4 Å². The number of nitriles is 1. The monoisotopic (exact) mass is 1780 g/mol. The van der Waals surface area contributed by atoms with Crippen molar-refractivity contribution < 1.29 is 125 Å². The van der Waals surface area contributed by atoms with Crippen LogP contribution in [0.5, 0.6) is 11.5 Å². The van der Waals surface area contributed by atoms with Gasteiger partial charge in [0.15, 0.2) is 58.1 Å². The summed E-state index contributed by atoms with van der Waals surface area (Å²) in [6.45, 7) is 47.9. The van der Waals surface area contributed by atoms with E-state index in [1.54, 1.807) is 75.4 Å². The third kappa shape index (κ3) is 60.7. The second-order valence-electron chi connectivity index (χ2n) is 28.7. The van der Waals surface area contributed by atoms with Crippen LogP contribution in [-0.4, -0.2) is 196 Å². The number of aromatic amines is 2. The summed E-state index contributed by atoms with van der Waals surface area (Å²) in [6.07, 6.45) is 5.79. The van der Waals surface area contributed by atoms with Gasteiger partial charge in [-0.2, -0.15) is 18.9 Å². The highest BCUT2D eigenvalue weighted by Crippen LogP contribution is 2.40. The maximum Gasteiger partial charge on any atom is 0.434 e. The van der Waals surface area contributed by atoms with E-state index in [0.29, 0.717) is 53.2 Å². The molecule has 0 bridgehead atoms. The fourth-order valence-corrected chi connectivity index (χ4v) is 6.62. The third-order valence-electron chi connectivity index (χ3n) is 13.4. The molecule has 1 aromatic carbocycles. The van der Waals surface area contributed by atoms with Crippen LogP contribution in [0.15, 0.2) is 73.9 Å². The van der Waals surface area contributed by atoms with Crippen molar-refractivity contribution in [3.63, 3.8) is 0 Å². The van der Waals surface area contributed by atoms with Crippen LogP contribution in [0.3, 0.4) is 0 Å². The number of Topliss-reactive ketones (excluding diaryl/α,β-unsaturated/α-hetero) is 1. The van der Waals surface area contributed by atoms with Gasteiger partial charge in [-0.15, -0.1) is 15.3 Å². The van der Waals surface area contributed by atoms with Crippen LogP contribution in [0.1, 0.15) is 271 Å². The Hall–Kier alpha value is -10.4. The first kappa shape index (κ1) is 119. The maximum atomic E-state index is 12.7. The van der Waals surface area contributed by atoms with Crippen molar-refractivity contribution in [3.8, 4) is 17.7 Å². The van der Waals surface area contributed by atoms with E-state index in [-0.39, 0.29) is 93.7 Å². The van der Waals surface area contributed by atoms with Crippen molar-refractivity contribution in [3.05, 3.63) is 115 Å². The smallest absolute Gasteiger partial charge is 0.434 e. The number of tetrazole rings is 1. The molecule has 0 spiro atoms. The quantitative estimate of drug-likeness (QED) is 0.0118. The number of phenols is 1. The number of benzene rings is 1. The summed E-state index contributed by atoms with van der Waals surface area (Å²) in [7, 11) is -13.0. The standard InChI is InChI=1S/C9H10F2O.C8H10O3.C7H10N2O.2C7H9NO3.C5H8N2O2.C5H8N2O.C5H11NO3S.C5H10O3S.C4H8N4.C4H11O2P.C4H8O2.C3H8O3S/c1-5(2)6-3-7(10)9(12)8(11)4-6;1-5(2)7-3-6(9)4-8(10)11-7;1-5(2)7(10)6-3-8-4-9-6;1-4(2)6-3-5(7(9)10)8-11-6;1-4(2)5-3-8-6(11-5)7(9)10;1-3(2)4-6-7-5(8)9-4;1-4(2)5(8)7-3-6;1-4(2)5(7)6-10(3,8)9;1-5(2)9(7,8)4-3-6;1-3(2)4-5-7-8-6-4;1-4(2)7(3,5)6;1-3(2)4(5)6;1-3(2)7(4,5)6/h3-5,12H,1-2H3;3-5,9H,1-2H3;4-5H,3H2,1-2H3;2*3-4H,1-2H3,(H,9,10);3H,1-2H3,(H,7,8);4H,1-2H3,(H,7,8);4H,1-3H3,(H,6,7);3,5H,4H2,1-2H3;3H,1-2H3,(H,5,6,7,8);4H,1-3H3,(H,5,6);3H,1-2H3,(H,5,6);3H,1-2H3,(H,4,5,6). The van der Waals surface area contributed by atoms with Gasteiger partial charge in [0, 0.05) is 71.8 Å². The number of halogens is 2. The number of H-pyrrole nitrogens is 2. The molecule has 119 heavy (non-hydrogen) atoms. The second kappa shape index (κ2) is 60.1. The van der Waals surface area contributed by atoms with Crippen molar-refractivity contribution in [2.24, 2.45) is 33.7 Å². The fourth-order valence-electron chi connectivity index (χ4n) is 5.44. The molecule has 1 aliphatic rings. The Morgan fingerprint density at radius 2 is 1.13 bits per heavy atom. The number of ketones is 1. The van der Waals surface area contributed by atoms with Crippen molar-refractivity contribution >= 4 is 91.2 Å². The minimum atomic E-state index is -3.74. The zero-order valence-electron chi connectivity index (χ0n) is 72.3. The Balaban J connectivity index is -0.000000292. The number of aromatic hydroxyl groups is 2. The average molecular weight is 1780 g/mol. The molecule has 6 aromatic rings. The summed E-state index contributed by atoms with van der Waals surface area (Å²) in [5, 5.41) is 73.9. The molecule has 6 heterocycles. The molecule has 1 atom stereocenters. The fraction of sp³-hybridized carbons (Fsp3) is 0.589. The third-order valence-corrected chi connectivity index (χ3v) is 19.1. The Morgan fingerprint density at radius 3 is 1.34 bits per heavy atom. The number of sulfone groups is 1. The topological polar surface area (TPSA) is 649 Å². The van der Waals surface area contributed by atoms with Crippen LogP contribution in [0.2, 0.25) is 0 Å². The molecular formula is C73H120F2N13O27PS3. The summed E-state index contributed by atoms with van der Waals surface area (Å²) in [4.78, 5) is 113. The van der Waals surface area contributed by atoms with Crippen molar-refractivity contribution in [1.29, 1.82) is 5.26 Å². The average Bonchev–Trinajstić information content (AvgIpc) is 1.78. The lowest BCUT2D eigenvalue weighted by Crippen LogP contribution is -2.32. The lowest BCUT2D eigenvalue weighted by molar-refractivity contribution is -0.140. The number of carboxylic acids is 3. The van der Waals surface area contributed by atoms with Crippen LogP contribution in [-0.2, 0) is 58.5 Å². The molecule has 5 aromatic heterocycles. The van der Waals surface area contributed by atoms with Gasteiger partial charge in [-0.05, 0) is 51.3 Å².